The molecular formula is C17H22O4. The van der Waals surface area contributed by atoms with Gasteiger partial charge in [0.1, 0.15) is 0 Å². The number of hydrogen-bond acceptors (Lipinski definition) is 4. The van der Waals surface area contributed by atoms with Gasteiger partial charge in [0.15, 0.2) is 5.79 Å². The first-order valence-corrected chi connectivity index (χ1v) is 7.58. The van der Waals surface area contributed by atoms with Crippen LogP contribution in [0.15, 0.2) is 30.3 Å². The molecule has 0 atom stereocenters. The zero-order valence-electron chi connectivity index (χ0n) is 12.5. The lowest BCUT2D eigenvalue weighted by atomic mass is 9.66. The molecular weight excluding hydrogens is 268 g/mol. The fraction of sp³-hybridized carbons (Fsp3) is 0.588. The first kappa shape index (κ1) is 14.5. The van der Waals surface area contributed by atoms with Crippen molar-refractivity contribution >= 4 is 5.97 Å². The van der Waals surface area contributed by atoms with E-state index in [0.29, 0.717) is 19.6 Å². The van der Waals surface area contributed by atoms with Crippen molar-refractivity contribution in [2.24, 2.45) is 0 Å². The number of benzene rings is 1. The van der Waals surface area contributed by atoms with E-state index in [0.717, 1.165) is 25.7 Å². The van der Waals surface area contributed by atoms with Gasteiger partial charge in [0.2, 0.25) is 0 Å². The van der Waals surface area contributed by atoms with Gasteiger partial charge in [-0.2, -0.15) is 0 Å². The van der Waals surface area contributed by atoms with Crippen LogP contribution < -0.4 is 0 Å². The Bertz CT molecular complexity index is 481. The van der Waals surface area contributed by atoms with E-state index >= 15 is 0 Å². The fourth-order valence-corrected chi connectivity index (χ4v) is 3.60. The maximum Gasteiger partial charge on any atom is 0.306 e. The van der Waals surface area contributed by atoms with Gasteiger partial charge in [-0.25, -0.2) is 0 Å². The van der Waals surface area contributed by atoms with Gasteiger partial charge in [0.05, 0.1) is 26.7 Å². The van der Waals surface area contributed by atoms with Crippen LogP contribution in [0.4, 0.5) is 0 Å². The lowest BCUT2D eigenvalue weighted by Gasteiger charge is -2.43. The number of methoxy groups -OCH3 is 1. The van der Waals surface area contributed by atoms with Crippen LogP contribution in [0.2, 0.25) is 0 Å². The van der Waals surface area contributed by atoms with E-state index in [1.165, 1.54) is 12.7 Å². The molecule has 3 rings (SSSR count). The average molecular weight is 290 g/mol. The molecule has 4 nitrogen and oxygen atoms in total. The minimum atomic E-state index is -0.408. The van der Waals surface area contributed by atoms with Gasteiger partial charge in [-0.3, -0.25) is 4.79 Å². The van der Waals surface area contributed by atoms with E-state index in [-0.39, 0.29) is 11.4 Å². The molecule has 1 heterocycles. The average Bonchev–Trinajstić information content (AvgIpc) is 2.99. The molecule has 0 unspecified atom stereocenters. The third-order valence-electron chi connectivity index (χ3n) is 4.88. The first-order chi connectivity index (χ1) is 10.2. The van der Waals surface area contributed by atoms with Gasteiger partial charge in [-0.1, -0.05) is 30.3 Å². The third-order valence-corrected chi connectivity index (χ3v) is 4.88. The summed E-state index contributed by atoms with van der Waals surface area (Å²) in [4.78, 5) is 11.9. The van der Waals surface area contributed by atoms with Crippen LogP contribution in [0.25, 0.3) is 0 Å². The lowest BCUT2D eigenvalue weighted by molar-refractivity contribution is -0.187. The number of rotatable bonds is 3. The molecule has 0 N–H and O–H groups in total. The van der Waals surface area contributed by atoms with Crippen molar-refractivity contribution in [3.05, 3.63) is 35.9 Å². The largest absolute Gasteiger partial charge is 0.469 e. The third kappa shape index (κ3) is 2.83. The van der Waals surface area contributed by atoms with Crippen molar-refractivity contribution in [3.8, 4) is 0 Å². The van der Waals surface area contributed by atoms with Crippen molar-refractivity contribution in [3.63, 3.8) is 0 Å². The molecule has 2 fully saturated rings. The van der Waals surface area contributed by atoms with Crippen LogP contribution in [-0.2, 0) is 24.4 Å². The molecule has 1 aromatic rings. The minimum absolute atomic E-state index is 0.150. The Morgan fingerprint density at radius 2 is 1.71 bits per heavy atom. The monoisotopic (exact) mass is 290 g/mol. The van der Waals surface area contributed by atoms with Gasteiger partial charge in [-0.15, -0.1) is 0 Å². The zero-order valence-corrected chi connectivity index (χ0v) is 12.5. The molecule has 114 valence electrons. The van der Waals surface area contributed by atoms with E-state index in [1.54, 1.807) is 0 Å². The summed E-state index contributed by atoms with van der Waals surface area (Å²) in [6.07, 6.45) is 3.85. The Morgan fingerprint density at radius 3 is 2.29 bits per heavy atom. The Morgan fingerprint density at radius 1 is 1.10 bits per heavy atom. The lowest BCUT2D eigenvalue weighted by Crippen LogP contribution is -2.43. The summed E-state index contributed by atoms with van der Waals surface area (Å²) < 4.78 is 16.5. The number of esters is 1. The van der Waals surface area contributed by atoms with Gasteiger partial charge in [-0.05, 0) is 18.4 Å². The summed E-state index contributed by atoms with van der Waals surface area (Å²) >= 11 is 0. The van der Waals surface area contributed by atoms with Crippen LogP contribution in [0, 0.1) is 0 Å². The normalized spacial score (nSPS) is 23.1. The summed E-state index contributed by atoms with van der Waals surface area (Å²) in [5.74, 6) is -0.558. The molecule has 0 bridgehead atoms. The topological polar surface area (TPSA) is 44.8 Å². The molecule has 1 spiro atoms. The molecule has 0 aromatic heterocycles. The number of carbonyl (C=O) groups is 1. The summed E-state index contributed by atoms with van der Waals surface area (Å²) in [6.45, 7) is 1.35. The van der Waals surface area contributed by atoms with E-state index in [9.17, 15) is 4.79 Å². The highest BCUT2D eigenvalue weighted by molar-refractivity contribution is 5.71. The number of carbonyl (C=O) groups excluding carboxylic acids is 1. The van der Waals surface area contributed by atoms with Crippen molar-refractivity contribution in [2.75, 3.05) is 20.3 Å². The second kappa shape index (κ2) is 5.78. The standard InChI is InChI=1S/C17H22O4/c1-19-15(18)13-16(14-5-3-2-4-6-14)7-9-17(10-8-16)20-11-12-21-17/h2-6H,7-13H2,1H3. The molecule has 1 aliphatic heterocycles. The summed E-state index contributed by atoms with van der Waals surface area (Å²) in [7, 11) is 1.45. The second-order valence-corrected chi connectivity index (χ2v) is 6.01. The van der Waals surface area contributed by atoms with Crippen molar-refractivity contribution in [2.45, 2.75) is 43.3 Å². The Hall–Kier alpha value is -1.39. The second-order valence-electron chi connectivity index (χ2n) is 6.01. The molecule has 0 amide bonds. The Kier molecular flexibility index (Phi) is 4.00. The van der Waals surface area contributed by atoms with E-state index in [4.69, 9.17) is 14.2 Å². The highest BCUT2D eigenvalue weighted by Gasteiger charge is 2.47. The molecule has 1 saturated heterocycles. The van der Waals surface area contributed by atoms with E-state index in [1.807, 2.05) is 18.2 Å². The number of hydrogen-bond donors (Lipinski definition) is 0. The van der Waals surface area contributed by atoms with E-state index < -0.39 is 5.79 Å². The van der Waals surface area contributed by atoms with Gasteiger partial charge in [0.25, 0.3) is 0 Å². The molecule has 4 heteroatoms. The van der Waals surface area contributed by atoms with Crippen LogP contribution in [0.1, 0.15) is 37.7 Å². The first-order valence-electron chi connectivity index (χ1n) is 7.58. The predicted octanol–water partition coefficient (Wildman–Crippen LogP) is 2.80. The highest BCUT2D eigenvalue weighted by atomic mass is 16.7. The summed E-state index contributed by atoms with van der Waals surface area (Å²) in [5.41, 5.74) is 1.05. The smallest absolute Gasteiger partial charge is 0.306 e. The fourth-order valence-electron chi connectivity index (χ4n) is 3.60. The van der Waals surface area contributed by atoms with Crippen LogP contribution in [0.3, 0.4) is 0 Å². The van der Waals surface area contributed by atoms with Crippen molar-refractivity contribution < 1.29 is 19.0 Å². The summed E-state index contributed by atoms with van der Waals surface area (Å²) in [6, 6.07) is 10.3. The molecule has 1 aromatic carbocycles. The Labute approximate surface area is 125 Å². The molecule has 0 radical (unpaired) electrons. The number of ether oxygens (including phenoxy) is 3. The zero-order chi connectivity index (χ0) is 14.8. The predicted molar refractivity (Wildman–Crippen MR) is 77.9 cm³/mol. The van der Waals surface area contributed by atoms with Crippen LogP contribution in [0.5, 0.6) is 0 Å². The SMILES string of the molecule is COC(=O)CC1(c2ccccc2)CCC2(CC1)OCCO2. The van der Waals surface area contributed by atoms with Gasteiger partial charge < -0.3 is 14.2 Å². The molecule has 1 saturated carbocycles. The van der Waals surface area contributed by atoms with Crippen molar-refractivity contribution in [1.29, 1.82) is 0 Å². The molecule has 21 heavy (non-hydrogen) atoms. The van der Waals surface area contributed by atoms with Crippen LogP contribution >= 0.6 is 0 Å². The van der Waals surface area contributed by atoms with Gasteiger partial charge in [0, 0.05) is 18.3 Å². The highest BCUT2D eigenvalue weighted by Crippen LogP contribution is 2.48. The van der Waals surface area contributed by atoms with Crippen molar-refractivity contribution in [1.82, 2.24) is 0 Å². The summed E-state index contributed by atoms with van der Waals surface area (Å²) in [5, 5.41) is 0. The molecule has 2 aliphatic rings. The van der Waals surface area contributed by atoms with Gasteiger partial charge >= 0.3 is 5.97 Å². The van der Waals surface area contributed by atoms with E-state index in [2.05, 4.69) is 12.1 Å². The van der Waals surface area contributed by atoms with Crippen LogP contribution in [-0.4, -0.2) is 32.1 Å². The maximum absolute atomic E-state index is 11.9. The maximum atomic E-state index is 11.9. The molecule has 1 aliphatic carbocycles. The minimum Gasteiger partial charge on any atom is -0.469 e. The Balaban J connectivity index is 1.83. The quantitative estimate of drug-likeness (QED) is 0.803.